The summed E-state index contributed by atoms with van der Waals surface area (Å²) in [6.45, 7) is 14.7. The van der Waals surface area contributed by atoms with E-state index in [-0.39, 0.29) is 32.8 Å². The molecule has 0 aliphatic heterocycles. The highest BCUT2D eigenvalue weighted by atomic mass is 32.2. The number of rotatable bonds is 14. The van der Waals surface area contributed by atoms with Crippen LogP contribution in [0.5, 0.6) is 0 Å². The topological polar surface area (TPSA) is 236 Å². The van der Waals surface area contributed by atoms with E-state index in [9.17, 15) is 129 Å². The number of carboxylic acid groups (broad SMARTS) is 1. The normalized spacial score (nSPS) is 14.8. The quantitative estimate of drug-likeness (QED) is 0.0339. The summed E-state index contributed by atoms with van der Waals surface area (Å²) in [5, 5.41) is -2.49. The van der Waals surface area contributed by atoms with E-state index in [2.05, 4.69) is 90.1 Å². The monoisotopic (exact) mass is 1530 g/mol. The molecule has 2 unspecified atom stereocenters. The van der Waals surface area contributed by atoms with Crippen molar-refractivity contribution in [3.8, 4) is 9.79 Å². The SMILES string of the molecule is CC(C)(C)c1ccc(-[s+]2c3ccccc3c(=O)c3cc(C(=O)O)ccc32)cc1.CCC1(OC(=O)COC(=O)c2ccc3c(c2)c(=O)c2ccccc2[s+]3-c2ccc(C(C)(C)C)cc2)CCCC1.O=S(=O)(O)C(F)(F)C(F)(F)C(F)(F)C(F)(F)F.O=S(=O)([O-])C(F)(F)C(F)(F)C(F)(F)C(F)(F)F. The maximum Gasteiger partial charge on any atom is 0.460 e. The molecule has 0 bridgehead atoms. The van der Waals surface area contributed by atoms with Gasteiger partial charge in [0.05, 0.1) is 32.7 Å². The minimum atomic E-state index is -7.43. The molecule has 2 atom stereocenters. The summed E-state index contributed by atoms with van der Waals surface area (Å²) in [4.78, 5) is 65.6. The number of carboxylic acids is 1. The second-order valence-corrected chi connectivity index (χ2v) is 31.4. The van der Waals surface area contributed by atoms with Crippen molar-refractivity contribution in [1.29, 1.82) is 0 Å². The smallest absolute Gasteiger partial charge is 0.460 e. The zero-order valence-electron chi connectivity index (χ0n) is 53.2. The van der Waals surface area contributed by atoms with Crippen LogP contribution in [0.2, 0.25) is 0 Å². The van der Waals surface area contributed by atoms with Gasteiger partial charge >= 0.3 is 74.6 Å². The summed E-state index contributed by atoms with van der Waals surface area (Å²) < 4.78 is 284. The molecular weight excluding hydrogens is 1470 g/mol. The zero-order valence-corrected chi connectivity index (χ0v) is 56.4. The number of hydrogen-bond donors (Lipinski definition) is 2. The summed E-state index contributed by atoms with van der Waals surface area (Å²) in [5.41, 5.74) is 2.32. The Morgan fingerprint density at radius 2 is 0.842 bits per heavy atom. The third-order valence-corrected chi connectivity index (χ3v) is 22.1. The van der Waals surface area contributed by atoms with Crippen LogP contribution in [-0.2, 0) is 45.3 Å². The highest BCUT2D eigenvalue weighted by molar-refractivity contribution is 7.87. The van der Waals surface area contributed by atoms with Crippen molar-refractivity contribution in [3.63, 3.8) is 0 Å². The fourth-order valence-corrected chi connectivity index (χ4v) is 15.5. The molecule has 0 saturated heterocycles. The summed E-state index contributed by atoms with van der Waals surface area (Å²) in [6, 6.07) is 42.5. The molecule has 0 amide bonds. The Kier molecular flexibility index (Phi) is 23.3. The fourth-order valence-electron chi connectivity index (χ4n) is 9.98. The first kappa shape index (κ1) is 82.0. The second kappa shape index (κ2) is 28.7. The van der Waals surface area contributed by atoms with Gasteiger partial charge in [0.2, 0.25) is 10.9 Å². The van der Waals surface area contributed by atoms with Gasteiger partial charge in [-0.15, -0.1) is 0 Å². The van der Waals surface area contributed by atoms with Gasteiger partial charge in [-0.3, -0.25) is 14.1 Å². The average Bonchev–Trinajstić information content (AvgIpc) is 1.57. The standard InChI is InChI=1S/C33H35O5S.C24H20O3S.2C4HF9O3S/c1-5-33(18-8-9-19-33)38-29(34)21-37-31(36)22-12-17-28-26(20-22)30(35)25-10-6-7-11-27(25)39(28)24-15-13-23(14-16-24)32(2,3)4;1-24(2,3)16-9-11-17(12-10-16)28-20-7-5-4-6-18(20)22(25)19-14-15(23(26)27)8-13-21(19)28;2*5-1(6,3(9,10)11)2(7,8)4(12,13)17(14,15)16/h6-7,10-17,20H,5,8-9,18-19,21H2,1-4H3;4-14H,1-3H3;2*(H,14,15,16)/q+1;;;. The maximum atomic E-state index is 13.6. The van der Waals surface area contributed by atoms with Gasteiger partial charge in [0.25, 0.3) is 0 Å². The van der Waals surface area contributed by atoms with Crippen molar-refractivity contribution in [3.05, 3.63) is 176 Å². The van der Waals surface area contributed by atoms with Crippen molar-refractivity contribution in [2.75, 3.05) is 6.61 Å². The lowest BCUT2D eigenvalue weighted by Gasteiger charge is -2.34. The van der Waals surface area contributed by atoms with Gasteiger partial charge in [0.15, 0.2) is 45.3 Å². The average molecular weight is 1530 g/mol. The van der Waals surface area contributed by atoms with Gasteiger partial charge in [-0.25, -0.2) is 22.8 Å². The molecule has 36 heteroatoms. The van der Waals surface area contributed by atoms with Crippen molar-refractivity contribution >= 4 is 99.4 Å². The Labute approximate surface area is 566 Å². The minimum Gasteiger partial charge on any atom is -0.743 e. The van der Waals surface area contributed by atoms with Crippen molar-refractivity contribution in [2.24, 2.45) is 0 Å². The molecule has 1 aliphatic rings. The molecule has 0 spiro atoms. The van der Waals surface area contributed by atoms with Crippen LogP contribution in [0.1, 0.15) is 112 Å². The molecule has 2 aromatic heterocycles. The zero-order chi connectivity index (χ0) is 76.8. The summed E-state index contributed by atoms with van der Waals surface area (Å²) in [6.07, 6.45) is -9.78. The third kappa shape index (κ3) is 16.3. The van der Waals surface area contributed by atoms with Crippen molar-refractivity contribution in [1.82, 2.24) is 0 Å². The second-order valence-electron chi connectivity index (χ2n) is 24.6. The number of carbonyl (C=O) groups excluding carboxylic acids is 2. The lowest BCUT2D eigenvalue weighted by atomic mass is 9.87. The number of benzene rings is 6. The van der Waals surface area contributed by atoms with Gasteiger partial charge in [0, 0.05) is 20.9 Å². The first-order valence-electron chi connectivity index (χ1n) is 29.1. The Bertz CT molecular complexity index is 4730. The molecule has 1 aliphatic carbocycles. The van der Waals surface area contributed by atoms with Gasteiger partial charge in [-0.1, -0.05) is 97.0 Å². The number of alkyl halides is 18. The number of halogens is 18. The lowest BCUT2D eigenvalue weighted by Crippen LogP contribution is -2.63. The number of esters is 2. The largest absolute Gasteiger partial charge is 0.743 e. The number of ether oxygens (including phenoxy) is 2. The summed E-state index contributed by atoms with van der Waals surface area (Å²) in [5.74, 6) is -31.7. The fraction of sp³-hybridized carbons (Fsp3) is 0.369. The van der Waals surface area contributed by atoms with Crippen LogP contribution in [0, 0.1) is 0 Å². The van der Waals surface area contributed by atoms with Crippen LogP contribution in [0.4, 0.5) is 79.0 Å². The predicted molar refractivity (Wildman–Crippen MR) is 338 cm³/mol. The third-order valence-electron chi connectivity index (χ3n) is 15.7. The maximum absolute atomic E-state index is 13.6. The molecule has 101 heavy (non-hydrogen) atoms. The predicted octanol–water partition coefficient (Wildman–Crippen LogP) is 18.2. The Hall–Kier alpha value is -7.93. The molecule has 9 rings (SSSR count). The number of hydrogen-bond acceptors (Lipinski definition) is 12. The number of aromatic carboxylic acids is 1. The van der Waals surface area contributed by atoms with E-state index in [0.29, 0.717) is 21.5 Å². The molecule has 0 radical (unpaired) electrons. The van der Waals surface area contributed by atoms with Gasteiger partial charge in [0.1, 0.15) is 5.60 Å². The Balaban J connectivity index is 0.000000227. The lowest BCUT2D eigenvalue weighted by molar-refractivity contribution is -0.382. The van der Waals surface area contributed by atoms with E-state index in [0.717, 1.165) is 60.7 Å². The highest BCUT2D eigenvalue weighted by Gasteiger charge is 2.86. The van der Waals surface area contributed by atoms with E-state index in [4.69, 9.17) is 14.0 Å². The Morgan fingerprint density at radius 3 is 1.18 bits per heavy atom. The van der Waals surface area contributed by atoms with E-state index in [1.807, 2.05) is 61.5 Å². The molecule has 14 nitrogen and oxygen atoms in total. The first-order valence-corrected chi connectivity index (χ1v) is 34.4. The number of fused-ring (bicyclic) bond motifs is 4. The van der Waals surface area contributed by atoms with E-state index >= 15 is 0 Å². The summed E-state index contributed by atoms with van der Waals surface area (Å²) in [7, 11) is -15.5. The summed E-state index contributed by atoms with van der Waals surface area (Å²) >= 11 is 0. The molecule has 1 fully saturated rings. The molecule has 8 aromatic rings. The van der Waals surface area contributed by atoms with E-state index in [1.165, 1.54) is 17.2 Å². The van der Waals surface area contributed by atoms with E-state index in [1.54, 1.807) is 24.3 Å². The molecule has 2 heterocycles. The highest BCUT2D eigenvalue weighted by Crippen LogP contribution is 2.56. The molecule has 550 valence electrons. The first-order chi connectivity index (χ1) is 45.9. The molecule has 2 N–H and O–H groups in total. The van der Waals surface area contributed by atoms with Gasteiger partial charge < -0.3 is 19.1 Å². The van der Waals surface area contributed by atoms with Gasteiger partial charge in [-0.2, -0.15) is 87.4 Å². The number of carbonyl (C=O) groups is 3. The Morgan fingerprint density at radius 1 is 0.495 bits per heavy atom. The van der Waals surface area contributed by atoms with Crippen LogP contribution in [0.3, 0.4) is 0 Å². The van der Waals surface area contributed by atoms with E-state index < -0.39 is 118 Å². The van der Waals surface area contributed by atoms with Crippen molar-refractivity contribution < 1.29 is 134 Å². The van der Waals surface area contributed by atoms with Crippen LogP contribution >= 0.6 is 20.9 Å². The minimum absolute atomic E-state index is 0.0376. The van der Waals surface area contributed by atoms with Crippen molar-refractivity contribution in [2.45, 2.75) is 144 Å². The van der Waals surface area contributed by atoms with Crippen LogP contribution < -0.4 is 10.9 Å². The van der Waals surface area contributed by atoms with Crippen LogP contribution in [0.15, 0.2) is 143 Å². The molecule has 6 aromatic carbocycles. The molecule has 1 saturated carbocycles. The molecular formula is C65H57F18O14S4+. The van der Waals surface area contributed by atoms with Gasteiger partial charge in [-0.05, 0) is 139 Å². The van der Waals surface area contributed by atoms with Crippen LogP contribution in [-0.4, -0.2) is 108 Å². The van der Waals surface area contributed by atoms with Crippen LogP contribution in [0.25, 0.3) is 50.1 Å².